The van der Waals surface area contributed by atoms with Crippen LogP contribution in [0.25, 0.3) is 0 Å². The first-order valence-electron chi connectivity index (χ1n) is 11.0. The van der Waals surface area contributed by atoms with Gasteiger partial charge in [-0.15, -0.1) is 0 Å². The lowest BCUT2D eigenvalue weighted by Gasteiger charge is -2.35. The molecule has 0 spiro atoms. The summed E-state index contributed by atoms with van der Waals surface area (Å²) in [4.78, 5) is 19.3. The van der Waals surface area contributed by atoms with Crippen LogP contribution in [0.5, 0.6) is 0 Å². The highest BCUT2D eigenvalue weighted by Gasteiger charge is 2.26. The van der Waals surface area contributed by atoms with Crippen LogP contribution in [0.4, 0.5) is 0 Å². The number of rotatable bonds is 11. The van der Waals surface area contributed by atoms with E-state index in [2.05, 4.69) is 38.3 Å². The minimum atomic E-state index is 0.176. The summed E-state index contributed by atoms with van der Waals surface area (Å²) >= 11 is 0. The molecule has 1 rings (SSSR count). The van der Waals surface area contributed by atoms with Gasteiger partial charge in [0.2, 0.25) is 5.91 Å². The lowest BCUT2D eigenvalue weighted by atomic mass is 9.98. The van der Waals surface area contributed by atoms with Crippen molar-refractivity contribution >= 4 is 11.9 Å². The van der Waals surface area contributed by atoms with Gasteiger partial charge in [0.25, 0.3) is 0 Å². The molecule has 1 heterocycles. The van der Waals surface area contributed by atoms with Crippen molar-refractivity contribution in [2.75, 3.05) is 32.8 Å². The van der Waals surface area contributed by atoms with Crippen LogP contribution in [0.3, 0.4) is 0 Å². The summed E-state index contributed by atoms with van der Waals surface area (Å²) in [7, 11) is 0. The van der Waals surface area contributed by atoms with E-state index in [1.165, 1.54) is 0 Å². The third kappa shape index (κ3) is 8.50. The Morgan fingerprint density at radius 2 is 1.81 bits per heavy atom. The Labute approximate surface area is 166 Å². The molecule has 0 aromatic heterocycles. The van der Waals surface area contributed by atoms with Crippen LogP contribution in [-0.4, -0.2) is 60.7 Å². The number of nitrogens with one attached hydrogen (secondary N) is 2. The van der Waals surface area contributed by atoms with E-state index in [4.69, 9.17) is 4.99 Å². The molecule has 0 bridgehead atoms. The monoisotopic (exact) mass is 382 g/mol. The second-order valence-corrected chi connectivity index (χ2v) is 7.64. The number of hydrogen-bond acceptors (Lipinski definition) is 3. The first-order chi connectivity index (χ1) is 13.1. The quantitative estimate of drug-likeness (QED) is 0.379. The Morgan fingerprint density at radius 1 is 1.15 bits per heavy atom. The predicted octanol–water partition coefficient (Wildman–Crippen LogP) is 2.77. The fraction of sp³-hybridized carbons (Fsp3) is 0.905. The summed E-state index contributed by atoms with van der Waals surface area (Å²) in [5, 5.41) is 16.1. The largest absolute Gasteiger partial charge is 0.396 e. The molecule has 1 atom stereocenters. The standard InChI is InChI=1S/C21H42N4O2/c1-5-9-17(12-15-26)16-23-21(22-8-4)24-19-10-13-25(14-11-19)20(27)18(6-2)7-3/h17-19,26H,5-16H2,1-4H3,(H2,22,23,24). The Hall–Kier alpha value is -1.30. The van der Waals surface area contributed by atoms with E-state index >= 15 is 0 Å². The fourth-order valence-corrected chi connectivity index (χ4v) is 3.79. The van der Waals surface area contributed by atoms with Gasteiger partial charge in [-0.3, -0.25) is 9.79 Å². The molecule has 0 aliphatic carbocycles. The molecule has 0 aromatic carbocycles. The van der Waals surface area contributed by atoms with E-state index in [9.17, 15) is 9.90 Å². The molecule has 1 amide bonds. The number of amides is 1. The third-order valence-electron chi connectivity index (χ3n) is 5.57. The van der Waals surface area contributed by atoms with Crippen molar-refractivity contribution in [2.24, 2.45) is 16.8 Å². The number of likely N-dealkylation sites (tertiary alicyclic amines) is 1. The molecule has 158 valence electrons. The minimum absolute atomic E-state index is 0.176. The average molecular weight is 383 g/mol. The highest BCUT2D eigenvalue weighted by atomic mass is 16.3. The normalized spacial score (nSPS) is 17.3. The van der Waals surface area contributed by atoms with Crippen LogP contribution < -0.4 is 10.6 Å². The number of aliphatic hydroxyl groups excluding tert-OH is 1. The van der Waals surface area contributed by atoms with Gasteiger partial charge < -0.3 is 20.6 Å². The van der Waals surface area contributed by atoms with Crippen LogP contribution in [0.2, 0.25) is 0 Å². The van der Waals surface area contributed by atoms with Crippen molar-refractivity contribution < 1.29 is 9.90 Å². The molecule has 3 N–H and O–H groups in total. The zero-order valence-electron chi connectivity index (χ0n) is 18.0. The molecular formula is C21H42N4O2. The van der Waals surface area contributed by atoms with E-state index in [-0.39, 0.29) is 12.5 Å². The zero-order chi connectivity index (χ0) is 20.1. The number of hydrogen-bond donors (Lipinski definition) is 3. The molecule has 1 fully saturated rings. The number of guanidine groups is 1. The van der Waals surface area contributed by atoms with Crippen molar-refractivity contribution in [3.63, 3.8) is 0 Å². The topological polar surface area (TPSA) is 77.0 Å². The van der Waals surface area contributed by atoms with Crippen LogP contribution in [0.15, 0.2) is 4.99 Å². The maximum absolute atomic E-state index is 12.5. The van der Waals surface area contributed by atoms with Crippen molar-refractivity contribution in [1.82, 2.24) is 15.5 Å². The highest BCUT2D eigenvalue weighted by Crippen LogP contribution is 2.17. The molecule has 1 aliphatic rings. The molecule has 1 unspecified atom stereocenters. The molecule has 0 saturated carbocycles. The van der Waals surface area contributed by atoms with E-state index in [1.54, 1.807) is 0 Å². The van der Waals surface area contributed by atoms with Crippen molar-refractivity contribution in [3.05, 3.63) is 0 Å². The second-order valence-electron chi connectivity index (χ2n) is 7.64. The summed E-state index contributed by atoms with van der Waals surface area (Å²) < 4.78 is 0. The molecular weight excluding hydrogens is 340 g/mol. The number of piperidine rings is 1. The predicted molar refractivity (Wildman–Crippen MR) is 113 cm³/mol. The summed E-state index contributed by atoms with van der Waals surface area (Å²) in [6.45, 7) is 11.9. The van der Waals surface area contributed by atoms with Gasteiger partial charge in [0, 0.05) is 44.7 Å². The van der Waals surface area contributed by atoms with Gasteiger partial charge in [-0.2, -0.15) is 0 Å². The summed E-state index contributed by atoms with van der Waals surface area (Å²) in [5.41, 5.74) is 0. The fourth-order valence-electron chi connectivity index (χ4n) is 3.79. The molecule has 1 saturated heterocycles. The van der Waals surface area contributed by atoms with Crippen molar-refractivity contribution in [2.45, 2.75) is 78.7 Å². The van der Waals surface area contributed by atoms with Gasteiger partial charge in [-0.25, -0.2) is 0 Å². The first-order valence-corrected chi connectivity index (χ1v) is 11.0. The molecule has 27 heavy (non-hydrogen) atoms. The first kappa shape index (κ1) is 23.7. The lowest BCUT2D eigenvalue weighted by molar-refractivity contribution is -0.136. The van der Waals surface area contributed by atoms with Gasteiger partial charge in [0.1, 0.15) is 0 Å². The minimum Gasteiger partial charge on any atom is -0.396 e. The van der Waals surface area contributed by atoms with Crippen LogP contribution in [-0.2, 0) is 4.79 Å². The molecule has 6 heteroatoms. The van der Waals surface area contributed by atoms with E-state index in [0.29, 0.717) is 17.9 Å². The zero-order valence-corrected chi connectivity index (χ0v) is 18.0. The van der Waals surface area contributed by atoms with Gasteiger partial charge >= 0.3 is 0 Å². The van der Waals surface area contributed by atoms with Crippen LogP contribution >= 0.6 is 0 Å². The summed E-state index contributed by atoms with van der Waals surface area (Å²) in [5.74, 6) is 1.80. The van der Waals surface area contributed by atoms with Gasteiger partial charge in [0.15, 0.2) is 5.96 Å². The van der Waals surface area contributed by atoms with Gasteiger partial charge in [-0.05, 0) is 51.4 Å². The smallest absolute Gasteiger partial charge is 0.225 e. The van der Waals surface area contributed by atoms with Crippen LogP contribution in [0, 0.1) is 11.8 Å². The average Bonchev–Trinajstić information content (AvgIpc) is 2.68. The number of aliphatic hydroxyl groups is 1. The lowest BCUT2D eigenvalue weighted by Crippen LogP contribution is -2.50. The van der Waals surface area contributed by atoms with Crippen LogP contribution in [0.1, 0.15) is 72.6 Å². The van der Waals surface area contributed by atoms with Crippen molar-refractivity contribution in [1.29, 1.82) is 0 Å². The van der Waals surface area contributed by atoms with E-state index in [1.807, 2.05) is 4.90 Å². The maximum atomic E-state index is 12.5. The number of aliphatic imine (C=N–C) groups is 1. The SMILES string of the molecule is CCCC(CCO)CN=C(NCC)NC1CCN(C(=O)C(CC)CC)CC1. The third-order valence-corrected chi connectivity index (χ3v) is 5.57. The Kier molecular flexibility index (Phi) is 12.1. The maximum Gasteiger partial charge on any atom is 0.225 e. The van der Waals surface area contributed by atoms with Crippen molar-refractivity contribution in [3.8, 4) is 0 Å². The molecule has 0 radical (unpaired) electrons. The number of carbonyl (C=O) groups is 1. The number of nitrogens with zero attached hydrogens (tertiary/aromatic N) is 2. The van der Waals surface area contributed by atoms with E-state index < -0.39 is 0 Å². The van der Waals surface area contributed by atoms with Gasteiger partial charge in [-0.1, -0.05) is 27.2 Å². The summed E-state index contributed by atoms with van der Waals surface area (Å²) in [6, 6.07) is 0.357. The Morgan fingerprint density at radius 3 is 2.33 bits per heavy atom. The highest BCUT2D eigenvalue weighted by molar-refractivity contribution is 5.80. The second kappa shape index (κ2) is 13.8. The molecule has 6 nitrogen and oxygen atoms in total. The summed E-state index contributed by atoms with van der Waals surface area (Å²) in [6.07, 6.45) is 6.81. The van der Waals surface area contributed by atoms with E-state index in [0.717, 1.165) is 77.1 Å². The van der Waals surface area contributed by atoms with Gasteiger partial charge in [0.05, 0.1) is 0 Å². The molecule has 0 aromatic rings. The molecule has 1 aliphatic heterocycles. The Bertz CT molecular complexity index is 424. The Balaban J connectivity index is 2.54. The number of carbonyl (C=O) groups excluding carboxylic acids is 1.